The number of thioether (sulfide) groups is 1. The van der Waals surface area contributed by atoms with Gasteiger partial charge in [0, 0.05) is 15.6 Å². The average molecular weight is 320 g/mol. The molecule has 4 heteroatoms. The Labute approximate surface area is 134 Å². The number of carbonyl (C=O) groups is 1. The molecule has 1 atom stereocenters. The molecule has 0 aliphatic heterocycles. The second-order valence-corrected chi connectivity index (χ2v) is 6.85. The van der Waals surface area contributed by atoms with Crippen molar-refractivity contribution < 1.29 is 4.79 Å². The van der Waals surface area contributed by atoms with E-state index < -0.39 is 0 Å². The lowest BCUT2D eigenvalue weighted by Crippen LogP contribution is -2.22. The Bertz CT molecular complexity index is 640. The average Bonchev–Trinajstić information content (AvgIpc) is 2.45. The summed E-state index contributed by atoms with van der Waals surface area (Å²) in [5, 5.41) is 3.38. The van der Waals surface area contributed by atoms with Crippen LogP contribution >= 0.6 is 23.4 Å². The maximum absolute atomic E-state index is 12.2. The molecule has 2 aromatic rings. The Morgan fingerprint density at radius 3 is 2.43 bits per heavy atom. The van der Waals surface area contributed by atoms with Crippen molar-refractivity contribution in [3.63, 3.8) is 0 Å². The highest BCUT2D eigenvalue weighted by Crippen LogP contribution is 2.25. The number of halogens is 1. The van der Waals surface area contributed by atoms with E-state index in [2.05, 4.69) is 5.32 Å². The molecule has 0 saturated heterocycles. The minimum absolute atomic E-state index is 0.0273. The Morgan fingerprint density at radius 2 is 1.81 bits per heavy atom. The third-order valence-electron chi connectivity index (χ3n) is 3.14. The van der Waals surface area contributed by atoms with Gasteiger partial charge in [-0.25, -0.2) is 0 Å². The maximum atomic E-state index is 12.2. The fourth-order valence-corrected chi connectivity index (χ4v) is 2.84. The van der Waals surface area contributed by atoms with Crippen molar-refractivity contribution in [3.05, 3.63) is 58.6 Å². The van der Waals surface area contributed by atoms with Crippen LogP contribution < -0.4 is 5.32 Å². The Balaban J connectivity index is 1.98. The summed E-state index contributed by atoms with van der Waals surface area (Å²) >= 11 is 7.61. The lowest BCUT2D eigenvalue weighted by molar-refractivity contribution is -0.115. The Hall–Kier alpha value is -1.45. The first kappa shape index (κ1) is 15.9. The molecule has 21 heavy (non-hydrogen) atoms. The predicted octanol–water partition coefficient (Wildman–Crippen LogP) is 5.08. The molecule has 0 aliphatic rings. The number of rotatable bonds is 4. The van der Waals surface area contributed by atoms with E-state index in [0.717, 1.165) is 16.1 Å². The topological polar surface area (TPSA) is 29.1 Å². The van der Waals surface area contributed by atoms with Crippen LogP contribution in [0.25, 0.3) is 0 Å². The van der Waals surface area contributed by atoms with Gasteiger partial charge in [-0.05, 0) is 50.6 Å². The van der Waals surface area contributed by atoms with Gasteiger partial charge in [0.1, 0.15) is 0 Å². The minimum Gasteiger partial charge on any atom is -0.325 e. The lowest BCUT2D eigenvalue weighted by atomic mass is 10.2. The quantitative estimate of drug-likeness (QED) is 0.796. The molecule has 0 unspecified atom stereocenters. The molecule has 0 aromatic heterocycles. The van der Waals surface area contributed by atoms with Crippen LogP contribution in [0.15, 0.2) is 47.4 Å². The maximum Gasteiger partial charge on any atom is 0.237 e. The molecule has 2 nitrogen and oxygen atoms in total. The summed E-state index contributed by atoms with van der Waals surface area (Å²) in [6.07, 6.45) is 0. The molecule has 0 bridgehead atoms. The summed E-state index contributed by atoms with van der Waals surface area (Å²) in [6, 6.07) is 13.7. The number of hydrogen-bond donors (Lipinski definition) is 1. The highest BCUT2D eigenvalue weighted by molar-refractivity contribution is 8.00. The summed E-state index contributed by atoms with van der Waals surface area (Å²) in [5.74, 6) is -0.0273. The van der Waals surface area contributed by atoms with Gasteiger partial charge < -0.3 is 5.32 Å². The van der Waals surface area contributed by atoms with E-state index >= 15 is 0 Å². The second kappa shape index (κ2) is 7.01. The number of anilines is 1. The number of nitrogens with one attached hydrogen (secondary N) is 1. The van der Waals surface area contributed by atoms with Crippen LogP contribution in [-0.4, -0.2) is 11.2 Å². The van der Waals surface area contributed by atoms with Gasteiger partial charge in [0.05, 0.1) is 5.25 Å². The molecule has 2 aromatic carbocycles. The van der Waals surface area contributed by atoms with Crippen LogP contribution in [0.5, 0.6) is 0 Å². The first-order valence-corrected chi connectivity index (χ1v) is 8.02. The zero-order valence-corrected chi connectivity index (χ0v) is 13.9. The molecule has 1 amide bonds. The van der Waals surface area contributed by atoms with Crippen LogP contribution in [0.1, 0.15) is 18.1 Å². The minimum atomic E-state index is -0.173. The third-order valence-corrected chi connectivity index (χ3v) is 4.66. The van der Waals surface area contributed by atoms with Crippen molar-refractivity contribution in [2.45, 2.75) is 30.9 Å². The number of hydrogen-bond acceptors (Lipinski definition) is 2. The number of aryl methyl sites for hydroxylation is 2. The van der Waals surface area contributed by atoms with Crippen LogP contribution in [0.4, 0.5) is 5.69 Å². The van der Waals surface area contributed by atoms with E-state index in [-0.39, 0.29) is 11.2 Å². The van der Waals surface area contributed by atoms with Gasteiger partial charge in [-0.2, -0.15) is 0 Å². The summed E-state index contributed by atoms with van der Waals surface area (Å²) in [6.45, 7) is 5.88. The van der Waals surface area contributed by atoms with Crippen LogP contribution in [-0.2, 0) is 4.79 Å². The molecule has 0 aliphatic carbocycles. The standard InChI is InChI=1S/C17H18ClNOS/c1-11-4-8-15(9-5-11)21-13(3)17(20)19-14-7-6-12(2)16(18)10-14/h4-10,13H,1-3H3,(H,19,20)/t13-/m1/s1. The monoisotopic (exact) mass is 319 g/mol. The largest absolute Gasteiger partial charge is 0.325 e. The van der Waals surface area contributed by atoms with E-state index in [9.17, 15) is 4.79 Å². The molecular weight excluding hydrogens is 302 g/mol. The predicted molar refractivity (Wildman–Crippen MR) is 91.3 cm³/mol. The van der Waals surface area contributed by atoms with Crippen LogP contribution in [0.3, 0.4) is 0 Å². The first-order valence-electron chi connectivity index (χ1n) is 6.76. The molecule has 2 rings (SSSR count). The molecule has 0 heterocycles. The van der Waals surface area contributed by atoms with Gasteiger partial charge in [0.2, 0.25) is 5.91 Å². The van der Waals surface area contributed by atoms with Crippen molar-refractivity contribution in [3.8, 4) is 0 Å². The fraction of sp³-hybridized carbons (Fsp3) is 0.235. The van der Waals surface area contributed by atoms with Crippen molar-refractivity contribution in [2.24, 2.45) is 0 Å². The molecule has 0 spiro atoms. The number of benzene rings is 2. The zero-order valence-electron chi connectivity index (χ0n) is 12.3. The number of carbonyl (C=O) groups excluding carboxylic acids is 1. The molecule has 1 N–H and O–H groups in total. The van der Waals surface area contributed by atoms with Crippen molar-refractivity contribution >= 4 is 35.0 Å². The highest BCUT2D eigenvalue weighted by atomic mass is 35.5. The Kier molecular flexibility index (Phi) is 5.32. The Morgan fingerprint density at radius 1 is 1.14 bits per heavy atom. The number of amides is 1. The van der Waals surface area contributed by atoms with Gasteiger partial charge in [-0.15, -0.1) is 11.8 Å². The smallest absolute Gasteiger partial charge is 0.237 e. The van der Waals surface area contributed by atoms with E-state index in [1.807, 2.05) is 57.2 Å². The van der Waals surface area contributed by atoms with E-state index in [1.165, 1.54) is 5.56 Å². The van der Waals surface area contributed by atoms with Crippen molar-refractivity contribution in [1.82, 2.24) is 0 Å². The zero-order chi connectivity index (χ0) is 15.4. The molecule has 0 saturated carbocycles. The fourth-order valence-electron chi connectivity index (χ4n) is 1.79. The van der Waals surface area contributed by atoms with Gasteiger partial charge in [0.15, 0.2) is 0 Å². The normalized spacial score (nSPS) is 12.0. The van der Waals surface area contributed by atoms with Crippen LogP contribution in [0.2, 0.25) is 5.02 Å². The van der Waals surface area contributed by atoms with E-state index in [4.69, 9.17) is 11.6 Å². The second-order valence-electron chi connectivity index (χ2n) is 5.03. The summed E-state index contributed by atoms with van der Waals surface area (Å²) < 4.78 is 0. The lowest BCUT2D eigenvalue weighted by Gasteiger charge is -2.12. The van der Waals surface area contributed by atoms with E-state index in [1.54, 1.807) is 17.8 Å². The highest BCUT2D eigenvalue weighted by Gasteiger charge is 2.14. The third kappa shape index (κ3) is 4.51. The van der Waals surface area contributed by atoms with E-state index in [0.29, 0.717) is 5.02 Å². The molecule has 110 valence electrons. The summed E-state index contributed by atoms with van der Waals surface area (Å²) in [4.78, 5) is 13.3. The first-order chi connectivity index (χ1) is 9.95. The van der Waals surface area contributed by atoms with Gasteiger partial charge in [-0.1, -0.05) is 35.4 Å². The van der Waals surface area contributed by atoms with Gasteiger partial charge >= 0.3 is 0 Å². The van der Waals surface area contributed by atoms with Crippen molar-refractivity contribution in [2.75, 3.05) is 5.32 Å². The SMILES string of the molecule is Cc1ccc(S[C@H](C)C(=O)Nc2ccc(C)c(Cl)c2)cc1. The summed E-state index contributed by atoms with van der Waals surface area (Å²) in [7, 11) is 0. The summed E-state index contributed by atoms with van der Waals surface area (Å²) in [5.41, 5.74) is 2.94. The molecular formula is C17H18ClNOS. The van der Waals surface area contributed by atoms with Crippen molar-refractivity contribution in [1.29, 1.82) is 0 Å². The van der Waals surface area contributed by atoms with Crippen LogP contribution in [0, 0.1) is 13.8 Å². The van der Waals surface area contributed by atoms with Gasteiger partial charge in [0.25, 0.3) is 0 Å². The molecule has 0 radical (unpaired) electrons. The van der Waals surface area contributed by atoms with Gasteiger partial charge in [-0.3, -0.25) is 4.79 Å². The molecule has 0 fully saturated rings.